The summed E-state index contributed by atoms with van der Waals surface area (Å²) in [5.74, 6) is 5.05. The molecule has 0 saturated carbocycles. The van der Waals surface area contributed by atoms with Crippen LogP contribution >= 0.6 is 0 Å². The third-order valence-corrected chi connectivity index (χ3v) is 11.3. The van der Waals surface area contributed by atoms with Gasteiger partial charge in [-0.3, -0.25) is 0 Å². The molecule has 7 aromatic rings. The fourth-order valence-electron chi connectivity index (χ4n) is 8.23. The van der Waals surface area contributed by atoms with Gasteiger partial charge in [-0.05, 0) is 119 Å². The van der Waals surface area contributed by atoms with Gasteiger partial charge in [0, 0.05) is 68.6 Å². The zero-order valence-corrected chi connectivity index (χ0v) is 36.7. The Labute approximate surface area is 370 Å². The number of aromatic nitrogens is 4. The molecule has 3 aromatic heterocycles. The molecular weight excluding hydrogens is 809 g/mol. The van der Waals surface area contributed by atoms with Crippen molar-refractivity contribution in [2.45, 2.75) is 0 Å². The quantitative estimate of drug-likeness (QED) is 0.122. The second-order valence-corrected chi connectivity index (χ2v) is 14.9. The van der Waals surface area contributed by atoms with E-state index in [1.165, 1.54) is 0 Å². The molecule has 2 aliphatic rings. The van der Waals surface area contributed by atoms with Crippen LogP contribution in [0.25, 0.3) is 90.9 Å². The summed E-state index contributed by atoms with van der Waals surface area (Å²) in [7, 11) is 13.1. The van der Waals surface area contributed by atoms with Crippen LogP contribution in [0, 0.1) is 0 Å². The van der Waals surface area contributed by atoms with Crippen molar-refractivity contribution in [3.63, 3.8) is 0 Å². The molecule has 64 heavy (non-hydrogen) atoms. The molecule has 8 bridgehead atoms. The Hall–Kier alpha value is -8.12. The van der Waals surface area contributed by atoms with Gasteiger partial charge in [0.25, 0.3) is 0 Å². The highest BCUT2D eigenvalue weighted by atomic mass is 16.5. The number of benzene rings is 4. The zero-order chi connectivity index (χ0) is 44.5. The molecule has 2 aliphatic heterocycles. The van der Waals surface area contributed by atoms with E-state index < -0.39 is 0 Å². The van der Waals surface area contributed by atoms with E-state index in [0.717, 1.165) is 66.6 Å². The average Bonchev–Trinajstić information content (AvgIpc) is 4.19. The van der Waals surface area contributed by atoms with Crippen LogP contribution in [0.1, 0.15) is 22.8 Å². The van der Waals surface area contributed by atoms with Crippen LogP contribution in [0.2, 0.25) is 0 Å². The van der Waals surface area contributed by atoms with E-state index in [4.69, 9.17) is 47.9 Å². The van der Waals surface area contributed by atoms with Gasteiger partial charge in [0.15, 0.2) is 0 Å². The van der Waals surface area contributed by atoms with E-state index in [-0.39, 0.29) is 0 Å². The lowest BCUT2D eigenvalue weighted by atomic mass is 10.0. The van der Waals surface area contributed by atoms with Crippen LogP contribution in [0.3, 0.4) is 0 Å². The van der Waals surface area contributed by atoms with Gasteiger partial charge in [-0.1, -0.05) is 0 Å². The summed E-state index contributed by atoms with van der Waals surface area (Å²) < 4.78 is 46.3. The van der Waals surface area contributed by atoms with E-state index in [2.05, 4.69) is 34.2 Å². The SMILES string of the molecule is COc1cc(OC)cc(-c2c3nc(c(-c4cc(OC)cc(OC)c4)c4ccc([nH]4)c(-c4cc(OC)cc(OC)c4)c4nc(c(-c5cc(OC)cc(OC)c5)c5ccc2[nH]5)C=C4)C=C3)c1. The van der Waals surface area contributed by atoms with E-state index in [0.29, 0.717) is 68.8 Å². The number of nitrogens with zero attached hydrogens (tertiary/aromatic N) is 2. The Bertz CT molecular complexity index is 2680. The molecule has 0 fully saturated rings. The highest BCUT2D eigenvalue weighted by Crippen LogP contribution is 2.42. The first-order valence-electron chi connectivity index (χ1n) is 20.4. The number of aromatic amines is 2. The second-order valence-electron chi connectivity index (χ2n) is 14.9. The molecule has 0 radical (unpaired) electrons. The largest absolute Gasteiger partial charge is 0.497 e. The van der Waals surface area contributed by atoms with Gasteiger partial charge < -0.3 is 47.9 Å². The number of rotatable bonds is 12. The minimum absolute atomic E-state index is 0.632. The first-order valence-corrected chi connectivity index (χ1v) is 20.4. The van der Waals surface area contributed by atoms with Gasteiger partial charge in [-0.2, -0.15) is 0 Å². The van der Waals surface area contributed by atoms with Gasteiger partial charge in [0.2, 0.25) is 0 Å². The highest BCUT2D eigenvalue weighted by Gasteiger charge is 2.21. The Morgan fingerprint density at radius 2 is 0.469 bits per heavy atom. The summed E-state index contributed by atoms with van der Waals surface area (Å²) >= 11 is 0. The molecule has 322 valence electrons. The molecule has 2 N–H and O–H groups in total. The normalized spacial score (nSPS) is 11.6. The molecule has 0 aliphatic carbocycles. The third kappa shape index (κ3) is 7.70. The van der Waals surface area contributed by atoms with Crippen molar-refractivity contribution >= 4 is 46.4 Å². The van der Waals surface area contributed by atoms with Crippen LogP contribution < -0.4 is 37.9 Å². The molecule has 4 aromatic carbocycles. The lowest BCUT2D eigenvalue weighted by Gasteiger charge is -2.11. The fraction of sp³-hybridized carbons (Fsp3) is 0.154. The Morgan fingerprint density at radius 1 is 0.281 bits per heavy atom. The van der Waals surface area contributed by atoms with Crippen molar-refractivity contribution in [2.75, 3.05) is 56.9 Å². The van der Waals surface area contributed by atoms with E-state index in [1.54, 1.807) is 56.9 Å². The maximum atomic E-state index is 5.78. The number of ether oxygens (including phenoxy) is 8. The third-order valence-electron chi connectivity index (χ3n) is 11.3. The molecule has 0 saturated heterocycles. The average molecular weight is 855 g/mol. The molecular formula is C52H46N4O8. The fourth-order valence-corrected chi connectivity index (χ4v) is 8.23. The van der Waals surface area contributed by atoms with Crippen LogP contribution in [-0.2, 0) is 0 Å². The Balaban J connectivity index is 1.50. The second kappa shape index (κ2) is 17.3. The predicted octanol–water partition coefficient (Wildman–Crippen LogP) is 11.4. The van der Waals surface area contributed by atoms with E-state index in [9.17, 15) is 0 Å². The first-order chi connectivity index (χ1) is 31.3. The number of nitrogens with one attached hydrogen (secondary N) is 2. The smallest absolute Gasteiger partial charge is 0.123 e. The molecule has 12 heteroatoms. The molecule has 0 amide bonds. The van der Waals surface area contributed by atoms with Crippen molar-refractivity contribution in [1.29, 1.82) is 0 Å². The van der Waals surface area contributed by atoms with Crippen molar-refractivity contribution in [2.24, 2.45) is 0 Å². The van der Waals surface area contributed by atoms with Gasteiger partial charge in [0.1, 0.15) is 46.0 Å². The van der Waals surface area contributed by atoms with Crippen molar-refractivity contribution in [3.05, 3.63) is 120 Å². The minimum Gasteiger partial charge on any atom is -0.497 e. The van der Waals surface area contributed by atoms with Crippen molar-refractivity contribution in [3.8, 4) is 90.5 Å². The summed E-state index contributed by atoms with van der Waals surface area (Å²) in [6.45, 7) is 0. The summed E-state index contributed by atoms with van der Waals surface area (Å²) in [4.78, 5) is 18.4. The number of hydrogen-bond donors (Lipinski definition) is 2. The minimum atomic E-state index is 0.632. The van der Waals surface area contributed by atoms with Crippen molar-refractivity contribution < 1.29 is 37.9 Å². The lowest BCUT2D eigenvalue weighted by Crippen LogP contribution is -1.93. The maximum absolute atomic E-state index is 5.78. The molecule has 12 nitrogen and oxygen atoms in total. The molecule has 0 atom stereocenters. The Kier molecular flexibility index (Phi) is 11.2. The maximum Gasteiger partial charge on any atom is 0.123 e. The van der Waals surface area contributed by atoms with Crippen LogP contribution in [0.15, 0.2) is 97.1 Å². The summed E-state index contributed by atoms with van der Waals surface area (Å²) in [5, 5.41) is 0. The molecule has 0 unspecified atom stereocenters. The van der Waals surface area contributed by atoms with Gasteiger partial charge in [0.05, 0.1) is 79.7 Å². The molecule has 5 heterocycles. The standard InChI is InChI=1S/C52H46N4O8/c1-57-33-17-29(18-34(25-33)58-2)49-41-9-11-43(53-41)50(30-19-35(59-3)26-36(20-30)60-4)45-13-15-47(55-45)52(32-23-39(63-7)28-40(24-32)64-8)48-16-14-46(56-48)51(44-12-10-42(49)54-44)31-21-37(61-5)27-38(22-31)62-6/h9-28,53,56H,1-8H3. The van der Waals surface area contributed by atoms with E-state index >= 15 is 0 Å². The molecule has 9 rings (SSSR count). The first kappa shape index (κ1) is 41.2. The van der Waals surface area contributed by atoms with Crippen LogP contribution in [-0.4, -0.2) is 76.8 Å². The topological polar surface area (TPSA) is 131 Å². The lowest BCUT2D eigenvalue weighted by molar-refractivity contribution is 0.394. The summed E-state index contributed by atoms with van der Waals surface area (Å²) in [6, 6.07) is 31.5. The van der Waals surface area contributed by atoms with Crippen LogP contribution in [0.5, 0.6) is 46.0 Å². The van der Waals surface area contributed by atoms with Crippen molar-refractivity contribution in [1.82, 2.24) is 19.9 Å². The monoisotopic (exact) mass is 854 g/mol. The Morgan fingerprint density at radius 3 is 0.641 bits per heavy atom. The van der Waals surface area contributed by atoms with Gasteiger partial charge in [-0.25, -0.2) is 9.97 Å². The van der Waals surface area contributed by atoms with Crippen LogP contribution in [0.4, 0.5) is 0 Å². The number of hydrogen-bond acceptors (Lipinski definition) is 10. The summed E-state index contributed by atoms with van der Waals surface area (Å²) in [5.41, 5.74) is 12.6. The van der Waals surface area contributed by atoms with E-state index in [1.807, 2.05) is 97.1 Å². The highest BCUT2D eigenvalue weighted by molar-refractivity contribution is 6.00. The van der Waals surface area contributed by atoms with Gasteiger partial charge >= 0.3 is 0 Å². The predicted molar refractivity (Wildman–Crippen MR) is 253 cm³/mol. The summed E-state index contributed by atoms with van der Waals surface area (Å²) in [6.07, 6.45) is 8.11. The van der Waals surface area contributed by atoms with Gasteiger partial charge in [-0.15, -0.1) is 0 Å². The zero-order valence-electron chi connectivity index (χ0n) is 36.7. The number of fused-ring (bicyclic) bond motifs is 8. The number of H-pyrrole nitrogens is 2. The number of methoxy groups -OCH3 is 8. The molecule has 0 spiro atoms.